The molecule has 1 unspecified atom stereocenters. The fourth-order valence-electron chi connectivity index (χ4n) is 1.70. The van der Waals surface area contributed by atoms with Crippen molar-refractivity contribution in [1.29, 1.82) is 0 Å². The number of amides is 3. The van der Waals surface area contributed by atoms with Crippen molar-refractivity contribution in [1.82, 2.24) is 15.5 Å². The molecule has 0 spiro atoms. The summed E-state index contributed by atoms with van der Waals surface area (Å²) in [5.74, 6) is -0.447. The Morgan fingerprint density at radius 3 is 2.35 bits per heavy atom. The molecule has 1 aliphatic heterocycles. The molecular formula is C10H19N3O4. The van der Waals surface area contributed by atoms with E-state index in [2.05, 4.69) is 10.6 Å². The van der Waals surface area contributed by atoms with Crippen molar-refractivity contribution >= 4 is 11.9 Å². The molecule has 0 aromatic carbocycles. The molecule has 4 N–H and O–H groups in total. The Bertz CT molecular complexity index is 287. The topological polar surface area (TPSA) is 102 Å². The predicted molar refractivity (Wildman–Crippen MR) is 60.3 cm³/mol. The molecule has 0 saturated carbocycles. The van der Waals surface area contributed by atoms with Crippen molar-refractivity contribution in [3.63, 3.8) is 0 Å². The summed E-state index contributed by atoms with van der Waals surface area (Å²) in [5.41, 5.74) is 0. The van der Waals surface area contributed by atoms with Gasteiger partial charge in [-0.05, 0) is 13.8 Å². The third kappa shape index (κ3) is 3.65. The highest BCUT2D eigenvalue weighted by Gasteiger charge is 2.34. The molecule has 1 saturated heterocycles. The zero-order valence-electron chi connectivity index (χ0n) is 10.0. The lowest BCUT2D eigenvalue weighted by molar-refractivity contribution is -0.124. The Hall–Kier alpha value is -1.18. The van der Waals surface area contributed by atoms with Gasteiger partial charge in [0.05, 0.1) is 18.2 Å². The number of β-amino-alcohol motifs (C(OH)–C–C–N with tert-alkyl or cyclic N) is 2. The summed E-state index contributed by atoms with van der Waals surface area (Å²) in [6.07, 6.45) is -1.68. The molecule has 0 aromatic rings. The van der Waals surface area contributed by atoms with Gasteiger partial charge >= 0.3 is 6.03 Å². The molecule has 1 heterocycles. The molecule has 0 radical (unpaired) electrons. The Balaban J connectivity index is 2.44. The summed E-state index contributed by atoms with van der Waals surface area (Å²) in [6, 6.07) is -1.10. The quantitative estimate of drug-likeness (QED) is 0.473. The van der Waals surface area contributed by atoms with Crippen molar-refractivity contribution in [3.8, 4) is 0 Å². The van der Waals surface area contributed by atoms with E-state index in [1.54, 1.807) is 18.7 Å². The maximum absolute atomic E-state index is 11.7. The van der Waals surface area contributed by atoms with E-state index in [4.69, 9.17) is 0 Å². The first-order valence-electron chi connectivity index (χ1n) is 5.64. The Morgan fingerprint density at radius 2 is 1.88 bits per heavy atom. The van der Waals surface area contributed by atoms with E-state index >= 15 is 0 Å². The maximum Gasteiger partial charge on any atom is 0.321 e. The standard InChI is InChI=1S/C10H19N3O4/c1-3-11-10(17)12-9(16)6(2)13-4-7(14)8(15)5-13/h6-8,14-15H,3-5H2,1-2H3,(H2,11,12,16,17)/t6?,7-,8+. The third-order valence-electron chi connectivity index (χ3n) is 2.79. The van der Waals surface area contributed by atoms with Gasteiger partial charge in [-0.3, -0.25) is 15.0 Å². The zero-order valence-corrected chi connectivity index (χ0v) is 10.0. The molecule has 7 heteroatoms. The van der Waals surface area contributed by atoms with Crippen molar-refractivity contribution in [2.45, 2.75) is 32.1 Å². The van der Waals surface area contributed by atoms with Crippen LogP contribution in [0.2, 0.25) is 0 Å². The zero-order chi connectivity index (χ0) is 13.0. The van der Waals surface area contributed by atoms with Gasteiger partial charge in [0.15, 0.2) is 0 Å². The number of nitrogens with zero attached hydrogens (tertiary/aromatic N) is 1. The van der Waals surface area contributed by atoms with Gasteiger partial charge in [0.2, 0.25) is 5.91 Å². The van der Waals surface area contributed by atoms with Crippen LogP contribution in [-0.2, 0) is 4.79 Å². The Kier molecular flexibility index (Phi) is 4.86. The van der Waals surface area contributed by atoms with Gasteiger partial charge in [-0.25, -0.2) is 4.79 Å². The highest BCUT2D eigenvalue weighted by atomic mass is 16.3. The second kappa shape index (κ2) is 5.95. The number of hydrogen-bond donors (Lipinski definition) is 4. The van der Waals surface area contributed by atoms with Gasteiger partial charge < -0.3 is 15.5 Å². The lowest BCUT2D eigenvalue weighted by Crippen LogP contribution is -2.49. The van der Waals surface area contributed by atoms with Gasteiger partial charge in [-0.15, -0.1) is 0 Å². The highest BCUT2D eigenvalue weighted by Crippen LogP contribution is 2.13. The van der Waals surface area contributed by atoms with Crippen LogP contribution in [0.3, 0.4) is 0 Å². The first kappa shape index (κ1) is 13.9. The molecule has 0 bridgehead atoms. The van der Waals surface area contributed by atoms with E-state index in [1.165, 1.54) is 0 Å². The Labute approximate surface area is 99.8 Å². The number of hydrogen-bond acceptors (Lipinski definition) is 5. The molecular weight excluding hydrogens is 226 g/mol. The molecule has 3 amide bonds. The average molecular weight is 245 g/mol. The molecule has 0 aliphatic carbocycles. The number of aliphatic hydroxyl groups is 2. The van der Waals surface area contributed by atoms with Crippen LogP contribution in [0.5, 0.6) is 0 Å². The number of likely N-dealkylation sites (tertiary alicyclic amines) is 1. The SMILES string of the molecule is CCNC(=O)NC(=O)C(C)N1C[C@@H](O)[C@@H](O)C1. The van der Waals surface area contributed by atoms with Crippen LogP contribution in [0.4, 0.5) is 4.79 Å². The molecule has 17 heavy (non-hydrogen) atoms. The Morgan fingerprint density at radius 1 is 1.35 bits per heavy atom. The number of carbonyl (C=O) groups is 2. The lowest BCUT2D eigenvalue weighted by Gasteiger charge is -2.22. The van der Waals surface area contributed by atoms with Crippen LogP contribution in [0, 0.1) is 0 Å². The minimum Gasteiger partial charge on any atom is -0.389 e. The summed E-state index contributed by atoms with van der Waals surface area (Å²) in [7, 11) is 0. The van der Waals surface area contributed by atoms with Crippen LogP contribution >= 0.6 is 0 Å². The minimum absolute atomic E-state index is 0.227. The summed E-state index contributed by atoms with van der Waals surface area (Å²) in [4.78, 5) is 24.4. The van der Waals surface area contributed by atoms with E-state index in [0.29, 0.717) is 6.54 Å². The van der Waals surface area contributed by atoms with Gasteiger partial charge in [0.1, 0.15) is 0 Å². The van der Waals surface area contributed by atoms with Crippen molar-refractivity contribution in [2.24, 2.45) is 0 Å². The average Bonchev–Trinajstić information content (AvgIpc) is 2.58. The predicted octanol–water partition coefficient (Wildman–Crippen LogP) is -1.74. The largest absolute Gasteiger partial charge is 0.389 e. The molecule has 1 rings (SSSR count). The van der Waals surface area contributed by atoms with Crippen LogP contribution in [0.25, 0.3) is 0 Å². The second-order valence-electron chi connectivity index (χ2n) is 4.11. The molecule has 0 aromatic heterocycles. The van der Waals surface area contributed by atoms with Crippen molar-refractivity contribution in [2.75, 3.05) is 19.6 Å². The summed E-state index contributed by atoms with van der Waals surface area (Å²) < 4.78 is 0. The maximum atomic E-state index is 11.7. The van der Waals surface area contributed by atoms with E-state index in [-0.39, 0.29) is 13.1 Å². The molecule has 7 nitrogen and oxygen atoms in total. The number of nitrogens with one attached hydrogen (secondary N) is 2. The number of aliphatic hydroxyl groups excluding tert-OH is 2. The molecule has 1 aliphatic rings. The van der Waals surface area contributed by atoms with E-state index in [9.17, 15) is 19.8 Å². The number of carbonyl (C=O) groups excluding carboxylic acids is 2. The lowest BCUT2D eigenvalue weighted by atomic mass is 10.3. The smallest absolute Gasteiger partial charge is 0.321 e. The minimum atomic E-state index is -0.838. The first-order valence-corrected chi connectivity index (χ1v) is 5.64. The molecule has 1 fully saturated rings. The summed E-state index contributed by atoms with van der Waals surface area (Å²) in [5, 5.41) is 23.4. The monoisotopic (exact) mass is 245 g/mol. The summed E-state index contributed by atoms with van der Waals surface area (Å²) in [6.45, 7) is 4.27. The third-order valence-corrected chi connectivity index (χ3v) is 2.79. The summed E-state index contributed by atoms with van der Waals surface area (Å²) >= 11 is 0. The van der Waals surface area contributed by atoms with Crippen LogP contribution in [-0.4, -0.2) is 64.9 Å². The van der Waals surface area contributed by atoms with Crippen LogP contribution in [0.15, 0.2) is 0 Å². The fourth-order valence-corrected chi connectivity index (χ4v) is 1.70. The van der Waals surface area contributed by atoms with Gasteiger partial charge in [-0.2, -0.15) is 0 Å². The van der Waals surface area contributed by atoms with Crippen LogP contribution in [0.1, 0.15) is 13.8 Å². The van der Waals surface area contributed by atoms with Gasteiger partial charge in [0.25, 0.3) is 0 Å². The normalized spacial score (nSPS) is 26.6. The second-order valence-corrected chi connectivity index (χ2v) is 4.11. The van der Waals surface area contributed by atoms with E-state index < -0.39 is 30.2 Å². The van der Waals surface area contributed by atoms with Gasteiger partial charge in [-0.1, -0.05) is 0 Å². The number of urea groups is 1. The molecule has 3 atom stereocenters. The van der Waals surface area contributed by atoms with Crippen molar-refractivity contribution in [3.05, 3.63) is 0 Å². The first-order chi connectivity index (χ1) is 7.95. The highest BCUT2D eigenvalue weighted by molar-refractivity contribution is 5.96. The van der Waals surface area contributed by atoms with Gasteiger partial charge in [0, 0.05) is 19.6 Å². The van der Waals surface area contributed by atoms with Crippen LogP contribution < -0.4 is 10.6 Å². The number of imide groups is 1. The fraction of sp³-hybridized carbons (Fsp3) is 0.800. The van der Waals surface area contributed by atoms with E-state index in [0.717, 1.165) is 0 Å². The molecule has 98 valence electrons. The van der Waals surface area contributed by atoms with E-state index in [1.807, 2.05) is 0 Å². The number of rotatable bonds is 3. The van der Waals surface area contributed by atoms with Crippen molar-refractivity contribution < 1.29 is 19.8 Å².